The number of carbonyl (C=O) groups excluding carboxylic acids is 2. The van der Waals surface area contributed by atoms with Crippen molar-refractivity contribution < 1.29 is 14.3 Å². The fourth-order valence-electron chi connectivity index (χ4n) is 0.897. The summed E-state index contributed by atoms with van der Waals surface area (Å²) in [6.07, 6.45) is 3.96. The molecule has 0 heterocycles. The Kier molecular flexibility index (Phi) is 8.55. The van der Waals surface area contributed by atoms with Crippen LogP contribution in [0.3, 0.4) is 0 Å². The van der Waals surface area contributed by atoms with Crippen LogP contribution < -0.4 is 5.32 Å². The Balaban J connectivity index is 3.36. The van der Waals surface area contributed by atoms with Gasteiger partial charge in [0, 0.05) is 6.61 Å². The minimum Gasteiger partial charge on any atom is -0.369 e. The summed E-state index contributed by atoms with van der Waals surface area (Å²) in [4.78, 5) is 20.3. The third-order valence-electron chi connectivity index (χ3n) is 1.63. The van der Waals surface area contributed by atoms with Crippen LogP contribution in [0, 0.1) is 0 Å². The third kappa shape index (κ3) is 7.46. The van der Waals surface area contributed by atoms with Gasteiger partial charge in [-0.05, 0) is 6.42 Å². The Morgan fingerprint density at radius 3 is 2.69 bits per heavy atom. The molecule has 0 saturated carbocycles. The van der Waals surface area contributed by atoms with Crippen molar-refractivity contribution in [3.05, 3.63) is 0 Å². The van der Waals surface area contributed by atoms with Gasteiger partial charge >= 0.3 is 0 Å². The van der Waals surface area contributed by atoms with Gasteiger partial charge in [-0.1, -0.05) is 19.8 Å². The highest BCUT2D eigenvalue weighted by Gasteiger charge is 2.05. The van der Waals surface area contributed by atoms with Crippen molar-refractivity contribution in [2.24, 2.45) is 0 Å². The Morgan fingerprint density at radius 1 is 1.38 bits per heavy atom. The maximum Gasteiger partial charge on any atom is 0.207 e. The fraction of sp³-hybridized carbons (Fsp3) is 0.778. The van der Waals surface area contributed by atoms with Crippen LogP contribution in [0.25, 0.3) is 0 Å². The molecule has 0 radical (unpaired) electrons. The second-order valence-electron chi connectivity index (χ2n) is 2.78. The summed E-state index contributed by atoms with van der Waals surface area (Å²) >= 11 is 0. The summed E-state index contributed by atoms with van der Waals surface area (Å²) in [5.74, 6) is 0. The fourth-order valence-corrected chi connectivity index (χ4v) is 0.897. The van der Waals surface area contributed by atoms with Crippen molar-refractivity contribution >= 4 is 12.7 Å². The number of hydrogen-bond acceptors (Lipinski definition) is 3. The average molecular weight is 187 g/mol. The summed E-state index contributed by atoms with van der Waals surface area (Å²) in [6, 6.07) is 0. The highest BCUT2D eigenvalue weighted by molar-refractivity contribution is 5.57. The van der Waals surface area contributed by atoms with Gasteiger partial charge in [0.1, 0.15) is 6.10 Å². The van der Waals surface area contributed by atoms with E-state index >= 15 is 0 Å². The van der Waals surface area contributed by atoms with E-state index in [9.17, 15) is 9.59 Å². The van der Waals surface area contributed by atoms with Crippen LogP contribution in [0.4, 0.5) is 0 Å². The minimum absolute atomic E-state index is 0.263. The van der Waals surface area contributed by atoms with Crippen LogP contribution in [0.2, 0.25) is 0 Å². The maximum absolute atomic E-state index is 10.4. The Bertz CT molecular complexity index is 139. The zero-order valence-corrected chi connectivity index (χ0v) is 7.99. The molecule has 0 aliphatic heterocycles. The van der Waals surface area contributed by atoms with Crippen molar-refractivity contribution in [3.63, 3.8) is 0 Å². The first-order valence-electron chi connectivity index (χ1n) is 4.59. The summed E-state index contributed by atoms with van der Waals surface area (Å²) in [5.41, 5.74) is 0. The predicted molar refractivity (Wildman–Crippen MR) is 49.4 cm³/mol. The lowest BCUT2D eigenvalue weighted by Crippen LogP contribution is -2.29. The van der Waals surface area contributed by atoms with Crippen molar-refractivity contribution in [2.45, 2.75) is 32.3 Å². The average Bonchev–Trinajstić information content (AvgIpc) is 2.17. The molecule has 0 spiro atoms. The van der Waals surface area contributed by atoms with Crippen LogP contribution in [-0.2, 0) is 14.3 Å². The van der Waals surface area contributed by atoms with Crippen LogP contribution >= 0.6 is 0 Å². The Hall–Kier alpha value is -0.900. The van der Waals surface area contributed by atoms with Crippen LogP contribution in [0.1, 0.15) is 26.2 Å². The number of amides is 1. The van der Waals surface area contributed by atoms with Gasteiger partial charge in [-0.25, -0.2) is 0 Å². The molecule has 0 fully saturated rings. The Morgan fingerprint density at radius 2 is 2.15 bits per heavy atom. The summed E-state index contributed by atoms with van der Waals surface area (Å²) < 4.78 is 5.21. The molecule has 0 aromatic rings. The zero-order valence-electron chi connectivity index (χ0n) is 7.99. The van der Waals surface area contributed by atoms with Crippen molar-refractivity contribution in [1.82, 2.24) is 5.32 Å². The van der Waals surface area contributed by atoms with Crippen LogP contribution in [0.15, 0.2) is 0 Å². The molecule has 1 atom stereocenters. The first-order chi connectivity index (χ1) is 6.35. The van der Waals surface area contributed by atoms with E-state index in [1.165, 1.54) is 0 Å². The predicted octanol–water partition coefficient (Wildman–Crippen LogP) is 0.507. The first kappa shape index (κ1) is 12.1. The highest BCUT2D eigenvalue weighted by atomic mass is 16.5. The molecule has 1 unspecified atom stereocenters. The standard InChI is InChI=1S/C9H17NO3/c1-2-3-4-5-13-9(7-11)6-10-8-12/h7-9H,2-6H2,1H3,(H,10,12). The van der Waals surface area contributed by atoms with Gasteiger partial charge in [-0.3, -0.25) is 4.79 Å². The third-order valence-corrected chi connectivity index (χ3v) is 1.63. The van der Waals surface area contributed by atoms with Crippen molar-refractivity contribution in [3.8, 4) is 0 Å². The molecule has 0 aromatic heterocycles. The number of carbonyl (C=O) groups is 2. The van der Waals surface area contributed by atoms with Crippen LogP contribution in [0.5, 0.6) is 0 Å². The molecule has 0 bridgehead atoms. The van der Waals surface area contributed by atoms with E-state index in [0.29, 0.717) is 19.3 Å². The van der Waals surface area contributed by atoms with Gasteiger partial charge < -0.3 is 14.8 Å². The summed E-state index contributed by atoms with van der Waals surface area (Å²) in [6.45, 7) is 2.95. The van der Waals surface area contributed by atoms with E-state index in [1.54, 1.807) is 0 Å². The molecule has 0 aromatic carbocycles. The van der Waals surface area contributed by atoms with E-state index in [1.807, 2.05) is 0 Å². The molecule has 13 heavy (non-hydrogen) atoms. The van der Waals surface area contributed by atoms with E-state index in [4.69, 9.17) is 4.74 Å². The SMILES string of the molecule is CCCCCOC(C=O)CNC=O. The van der Waals surface area contributed by atoms with Crippen molar-refractivity contribution in [1.29, 1.82) is 0 Å². The van der Waals surface area contributed by atoms with Crippen molar-refractivity contribution in [2.75, 3.05) is 13.2 Å². The number of unbranched alkanes of at least 4 members (excludes halogenated alkanes) is 2. The quantitative estimate of drug-likeness (QED) is 0.422. The molecule has 4 heteroatoms. The van der Waals surface area contributed by atoms with E-state index in [0.717, 1.165) is 19.3 Å². The molecule has 1 amide bonds. The topological polar surface area (TPSA) is 55.4 Å². The van der Waals surface area contributed by atoms with Gasteiger partial charge in [-0.15, -0.1) is 0 Å². The second-order valence-corrected chi connectivity index (χ2v) is 2.78. The van der Waals surface area contributed by atoms with E-state index in [2.05, 4.69) is 12.2 Å². The molecule has 1 N–H and O–H groups in total. The molecule has 0 rings (SSSR count). The second kappa shape index (κ2) is 9.19. The first-order valence-corrected chi connectivity index (χ1v) is 4.59. The minimum atomic E-state index is -0.498. The lowest BCUT2D eigenvalue weighted by atomic mass is 10.3. The molecule has 4 nitrogen and oxygen atoms in total. The summed E-state index contributed by atoms with van der Waals surface area (Å²) in [5, 5.41) is 2.40. The normalized spacial score (nSPS) is 12.1. The lowest BCUT2D eigenvalue weighted by molar-refractivity contribution is -0.118. The van der Waals surface area contributed by atoms with Gasteiger partial charge in [-0.2, -0.15) is 0 Å². The number of ether oxygens (including phenoxy) is 1. The van der Waals surface area contributed by atoms with Crippen LogP contribution in [-0.4, -0.2) is 32.0 Å². The lowest BCUT2D eigenvalue weighted by Gasteiger charge is -2.10. The van der Waals surface area contributed by atoms with E-state index in [-0.39, 0.29) is 6.54 Å². The highest BCUT2D eigenvalue weighted by Crippen LogP contribution is 1.96. The van der Waals surface area contributed by atoms with Gasteiger partial charge in [0.2, 0.25) is 6.41 Å². The molecule has 0 aliphatic carbocycles. The molecular formula is C9H17NO3. The van der Waals surface area contributed by atoms with E-state index < -0.39 is 6.10 Å². The molecule has 0 saturated heterocycles. The number of nitrogens with one attached hydrogen (secondary N) is 1. The zero-order chi connectivity index (χ0) is 9.94. The Labute approximate surface area is 78.6 Å². The number of rotatable bonds is 9. The molecule has 0 aliphatic rings. The monoisotopic (exact) mass is 187 g/mol. The largest absolute Gasteiger partial charge is 0.369 e. The maximum atomic E-state index is 10.4. The number of hydrogen-bond donors (Lipinski definition) is 1. The smallest absolute Gasteiger partial charge is 0.207 e. The summed E-state index contributed by atoms with van der Waals surface area (Å²) in [7, 11) is 0. The van der Waals surface area contributed by atoms with Gasteiger partial charge in [0.15, 0.2) is 6.29 Å². The van der Waals surface area contributed by atoms with Gasteiger partial charge in [0.25, 0.3) is 0 Å². The molecule has 76 valence electrons. The molecular weight excluding hydrogens is 170 g/mol. The van der Waals surface area contributed by atoms with Gasteiger partial charge in [0.05, 0.1) is 6.54 Å². The number of aldehydes is 1.